The van der Waals surface area contributed by atoms with Crippen LogP contribution in [0.1, 0.15) is 29.2 Å². The van der Waals surface area contributed by atoms with Crippen molar-refractivity contribution >= 4 is 11.6 Å². The number of carbonyl (C=O) groups is 1. The first-order valence-corrected chi connectivity index (χ1v) is 6.71. The Kier molecular flexibility index (Phi) is 4.17. The summed E-state index contributed by atoms with van der Waals surface area (Å²) in [7, 11) is 0. The van der Waals surface area contributed by atoms with E-state index in [1.54, 1.807) is 4.68 Å². The molecule has 0 aliphatic carbocycles. The highest BCUT2D eigenvalue weighted by atomic mass is 16.1. The van der Waals surface area contributed by atoms with Crippen LogP contribution in [0, 0.1) is 27.7 Å². The molecule has 5 heteroatoms. The predicted octanol–water partition coefficient (Wildman–Crippen LogP) is 2.54. The largest absolute Gasteiger partial charge is 0.326 e. The summed E-state index contributed by atoms with van der Waals surface area (Å²) >= 11 is 0. The maximum absolute atomic E-state index is 12.0. The lowest BCUT2D eigenvalue weighted by Crippen LogP contribution is -2.16. The number of hydrogen-bond acceptors (Lipinski definition) is 3. The molecule has 5 nitrogen and oxygen atoms in total. The Labute approximate surface area is 119 Å². The average Bonchev–Trinajstić information content (AvgIpc) is 2.69. The van der Waals surface area contributed by atoms with Gasteiger partial charge in [0.1, 0.15) is 11.6 Å². The third kappa shape index (κ3) is 3.44. The van der Waals surface area contributed by atoms with Gasteiger partial charge in [0.15, 0.2) is 0 Å². The van der Waals surface area contributed by atoms with Crippen LogP contribution in [0.5, 0.6) is 0 Å². The number of nitrogens with zero attached hydrogens (tertiary/aromatic N) is 3. The van der Waals surface area contributed by atoms with Crippen molar-refractivity contribution in [3.05, 3.63) is 41.0 Å². The summed E-state index contributed by atoms with van der Waals surface area (Å²) in [6.45, 7) is 8.31. The molecule has 2 rings (SSSR count). The number of benzene rings is 1. The molecule has 0 fully saturated rings. The smallest absolute Gasteiger partial charge is 0.226 e. The summed E-state index contributed by atoms with van der Waals surface area (Å²) in [5.41, 5.74) is 3.13. The van der Waals surface area contributed by atoms with Crippen LogP contribution in [0.15, 0.2) is 18.2 Å². The highest BCUT2D eigenvalue weighted by molar-refractivity contribution is 5.91. The van der Waals surface area contributed by atoms with Crippen molar-refractivity contribution in [3.8, 4) is 0 Å². The van der Waals surface area contributed by atoms with Gasteiger partial charge in [-0.15, -0.1) is 0 Å². The van der Waals surface area contributed by atoms with E-state index in [9.17, 15) is 4.79 Å². The number of anilines is 1. The van der Waals surface area contributed by atoms with Gasteiger partial charge in [-0.1, -0.05) is 17.7 Å². The molecule has 0 saturated carbocycles. The lowest BCUT2D eigenvalue weighted by atomic mass is 10.1. The molecule has 1 N–H and O–H groups in total. The van der Waals surface area contributed by atoms with Crippen molar-refractivity contribution in [2.45, 2.75) is 40.7 Å². The second-order valence-corrected chi connectivity index (χ2v) is 5.05. The molecule has 0 aliphatic heterocycles. The van der Waals surface area contributed by atoms with E-state index in [0.717, 1.165) is 22.9 Å². The zero-order chi connectivity index (χ0) is 14.7. The van der Waals surface area contributed by atoms with Gasteiger partial charge in [-0.3, -0.25) is 4.79 Å². The number of amides is 1. The van der Waals surface area contributed by atoms with Crippen LogP contribution >= 0.6 is 0 Å². The zero-order valence-corrected chi connectivity index (χ0v) is 12.4. The molecule has 0 unspecified atom stereocenters. The van der Waals surface area contributed by atoms with E-state index in [1.807, 2.05) is 39.8 Å². The Morgan fingerprint density at radius 1 is 1.25 bits per heavy atom. The van der Waals surface area contributed by atoms with Gasteiger partial charge in [-0.2, -0.15) is 5.10 Å². The Morgan fingerprint density at radius 2 is 2.00 bits per heavy atom. The van der Waals surface area contributed by atoms with Crippen molar-refractivity contribution < 1.29 is 4.79 Å². The molecule has 0 aliphatic rings. The van der Waals surface area contributed by atoms with Crippen LogP contribution in [0.2, 0.25) is 0 Å². The number of rotatable bonds is 4. The summed E-state index contributed by atoms with van der Waals surface area (Å²) in [5, 5.41) is 7.18. The van der Waals surface area contributed by atoms with Crippen LogP contribution < -0.4 is 5.32 Å². The normalized spacial score (nSPS) is 10.6. The van der Waals surface area contributed by atoms with E-state index in [4.69, 9.17) is 0 Å². The molecule has 1 aromatic carbocycles. The molecule has 0 bridgehead atoms. The minimum atomic E-state index is -0.00972. The fraction of sp³-hybridized carbons (Fsp3) is 0.400. The number of hydrogen-bond donors (Lipinski definition) is 1. The van der Waals surface area contributed by atoms with Gasteiger partial charge in [0, 0.05) is 12.1 Å². The second-order valence-electron chi connectivity index (χ2n) is 5.05. The van der Waals surface area contributed by atoms with Crippen LogP contribution in [0.25, 0.3) is 0 Å². The molecule has 0 saturated heterocycles. The fourth-order valence-electron chi connectivity index (χ4n) is 2.15. The van der Waals surface area contributed by atoms with Gasteiger partial charge in [-0.25, -0.2) is 9.67 Å². The molecule has 1 heterocycles. The summed E-state index contributed by atoms with van der Waals surface area (Å²) in [5.74, 6) is 1.56. The monoisotopic (exact) mass is 272 g/mol. The van der Waals surface area contributed by atoms with E-state index < -0.39 is 0 Å². The molecule has 1 amide bonds. The maximum Gasteiger partial charge on any atom is 0.226 e. The lowest BCUT2D eigenvalue weighted by molar-refractivity contribution is -0.116. The summed E-state index contributed by atoms with van der Waals surface area (Å²) in [4.78, 5) is 16.2. The average molecular weight is 272 g/mol. The first-order chi connectivity index (χ1) is 9.45. The minimum Gasteiger partial charge on any atom is -0.326 e. The van der Waals surface area contributed by atoms with Gasteiger partial charge in [0.25, 0.3) is 0 Å². The molecular formula is C15H20N4O. The Morgan fingerprint density at radius 3 is 2.60 bits per heavy atom. The van der Waals surface area contributed by atoms with Crippen molar-refractivity contribution in [2.75, 3.05) is 5.32 Å². The van der Waals surface area contributed by atoms with Crippen LogP contribution in [0.4, 0.5) is 5.69 Å². The molecule has 20 heavy (non-hydrogen) atoms. The van der Waals surface area contributed by atoms with E-state index in [0.29, 0.717) is 13.0 Å². The minimum absolute atomic E-state index is 0.00972. The zero-order valence-electron chi connectivity index (χ0n) is 12.4. The second kappa shape index (κ2) is 5.86. The standard InChI is InChI=1S/C15H20N4O/c1-10-5-6-14(11(2)9-10)17-15(20)7-8-19-13(4)16-12(3)18-19/h5-6,9H,7-8H2,1-4H3,(H,17,20). The topological polar surface area (TPSA) is 59.8 Å². The fourth-order valence-corrected chi connectivity index (χ4v) is 2.15. The molecule has 2 aromatic rings. The highest BCUT2D eigenvalue weighted by Crippen LogP contribution is 2.16. The molecule has 0 atom stereocenters. The Hall–Kier alpha value is -2.17. The third-order valence-corrected chi connectivity index (χ3v) is 3.17. The SMILES string of the molecule is Cc1ccc(NC(=O)CCn2nc(C)nc2C)c(C)c1. The number of carbonyl (C=O) groups excluding carboxylic acids is 1. The lowest BCUT2D eigenvalue weighted by Gasteiger charge is -2.09. The van der Waals surface area contributed by atoms with E-state index >= 15 is 0 Å². The van der Waals surface area contributed by atoms with Crippen LogP contribution in [-0.2, 0) is 11.3 Å². The predicted molar refractivity (Wildman–Crippen MR) is 78.7 cm³/mol. The number of aromatic nitrogens is 3. The Bertz CT molecular complexity index is 631. The summed E-state index contributed by atoms with van der Waals surface area (Å²) < 4.78 is 1.76. The first kappa shape index (κ1) is 14.2. The van der Waals surface area contributed by atoms with Gasteiger partial charge < -0.3 is 5.32 Å². The molecule has 0 spiro atoms. The highest BCUT2D eigenvalue weighted by Gasteiger charge is 2.08. The quantitative estimate of drug-likeness (QED) is 0.930. The van der Waals surface area contributed by atoms with E-state index in [-0.39, 0.29) is 5.91 Å². The van der Waals surface area contributed by atoms with Crippen LogP contribution in [0.3, 0.4) is 0 Å². The van der Waals surface area contributed by atoms with Crippen LogP contribution in [-0.4, -0.2) is 20.7 Å². The van der Waals surface area contributed by atoms with E-state index in [2.05, 4.69) is 21.5 Å². The van der Waals surface area contributed by atoms with Gasteiger partial charge in [-0.05, 0) is 39.3 Å². The number of aryl methyl sites for hydroxylation is 5. The van der Waals surface area contributed by atoms with Gasteiger partial charge in [0.05, 0.1) is 6.54 Å². The number of nitrogens with one attached hydrogen (secondary N) is 1. The van der Waals surface area contributed by atoms with Crippen molar-refractivity contribution in [1.82, 2.24) is 14.8 Å². The van der Waals surface area contributed by atoms with Gasteiger partial charge in [0.2, 0.25) is 5.91 Å². The maximum atomic E-state index is 12.0. The molecular weight excluding hydrogens is 252 g/mol. The van der Waals surface area contributed by atoms with Crippen molar-refractivity contribution in [3.63, 3.8) is 0 Å². The molecule has 1 aromatic heterocycles. The first-order valence-electron chi connectivity index (χ1n) is 6.71. The Balaban J connectivity index is 1.94. The van der Waals surface area contributed by atoms with Gasteiger partial charge >= 0.3 is 0 Å². The summed E-state index contributed by atoms with van der Waals surface area (Å²) in [6, 6.07) is 5.99. The van der Waals surface area contributed by atoms with Crippen molar-refractivity contribution in [1.29, 1.82) is 0 Å². The molecule has 106 valence electrons. The third-order valence-electron chi connectivity index (χ3n) is 3.17. The van der Waals surface area contributed by atoms with Crippen molar-refractivity contribution in [2.24, 2.45) is 0 Å². The van der Waals surface area contributed by atoms with E-state index in [1.165, 1.54) is 5.56 Å². The molecule has 0 radical (unpaired) electrons. The summed E-state index contributed by atoms with van der Waals surface area (Å²) in [6.07, 6.45) is 0.386.